The summed E-state index contributed by atoms with van der Waals surface area (Å²) in [4.78, 5) is 21.8. The Labute approximate surface area is 185 Å². The molecule has 1 aliphatic heterocycles. The monoisotopic (exact) mass is 445 g/mol. The molecule has 2 heterocycles. The SMILES string of the molecule is Cc1ccc(OCC(=O)N(CCN2CCOCC2)c2nc3c(Cl)cccc3s2)cc1. The van der Waals surface area contributed by atoms with Gasteiger partial charge in [-0.2, -0.15) is 0 Å². The molecule has 1 aliphatic rings. The number of rotatable bonds is 7. The molecule has 1 saturated heterocycles. The fourth-order valence-corrected chi connectivity index (χ4v) is 4.58. The van der Waals surface area contributed by atoms with Crippen molar-refractivity contribution in [3.05, 3.63) is 53.1 Å². The van der Waals surface area contributed by atoms with Gasteiger partial charge in [-0.1, -0.05) is 46.7 Å². The van der Waals surface area contributed by atoms with Gasteiger partial charge >= 0.3 is 0 Å². The van der Waals surface area contributed by atoms with Crippen LogP contribution in [0, 0.1) is 6.92 Å². The van der Waals surface area contributed by atoms with Gasteiger partial charge in [0.1, 0.15) is 11.3 Å². The maximum absolute atomic E-state index is 13.1. The second-order valence-corrected chi connectivity index (χ2v) is 8.60. The van der Waals surface area contributed by atoms with E-state index in [0.717, 1.165) is 48.6 Å². The fraction of sp³-hybridized carbons (Fsp3) is 0.364. The molecule has 0 unspecified atom stereocenters. The van der Waals surface area contributed by atoms with Crippen LogP contribution in [0.5, 0.6) is 5.75 Å². The fourth-order valence-electron chi connectivity index (χ4n) is 3.27. The van der Waals surface area contributed by atoms with Crippen LogP contribution < -0.4 is 9.64 Å². The van der Waals surface area contributed by atoms with Crippen molar-refractivity contribution in [3.63, 3.8) is 0 Å². The number of aryl methyl sites for hydroxylation is 1. The summed E-state index contributed by atoms with van der Waals surface area (Å²) >= 11 is 7.77. The van der Waals surface area contributed by atoms with E-state index < -0.39 is 0 Å². The molecule has 2 aromatic carbocycles. The first-order chi connectivity index (χ1) is 14.6. The Hall–Kier alpha value is -2.19. The molecule has 0 spiro atoms. The Balaban J connectivity index is 1.51. The second kappa shape index (κ2) is 9.75. The quantitative estimate of drug-likeness (QED) is 0.550. The zero-order valence-electron chi connectivity index (χ0n) is 16.8. The van der Waals surface area contributed by atoms with Crippen molar-refractivity contribution in [1.82, 2.24) is 9.88 Å². The predicted molar refractivity (Wildman–Crippen MR) is 121 cm³/mol. The van der Waals surface area contributed by atoms with Gasteiger partial charge in [0.15, 0.2) is 11.7 Å². The molecule has 0 radical (unpaired) electrons. The third-order valence-electron chi connectivity index (χ3n) is 5.02. The van der Waals surface area contributed by atoms with Gasteiger partial charge in [0.2, 0.25) is 0 Å². The van der Waals surface area contributed by atoms with Crippen molar-refractivity contribution < 1.29 is 14.3 Å². The average Bonchev–Trinajstić information content (AvgIpc) is 3.19. The number of hydrogen-bond acceptors (Lipinski definition) is 6. The van der Waals surface area contributed by atoms with Crippen LogP contribution >= 0.6 is 22.9 Å². The van der Waals surface area contributed by atoms with E-state index in [9.17, 15) is 4.79 Å². The highest BCUT2D eigenvalue weighted by Gasteiger charge is 2.22. The summed E-state index contributed by atoms with van der Waals surface area (Å²) in [6.07, 6.45) is 0. The smallest absolute Gasteiger partial charge is 0.266 e. The summed E-state index contributed by atoms with van der Waals surface area (Å²) in [5.74, 6) is 0.549. The van der Waals surface area contributed by atoms with Crippen molar-refractivity contribution >= 4 is 44.2 Å². The number of ether oxygens (including phenoxy) is 2. The number of aromatic nitrogens is 1. The average molecular weight is 446 g/mol. The van der Waals surface area contributed by atoms with Crippen molar-refractivity contribution in [1.29, 1.82) is 0 Å². The predicted octanol–water partition coefficient (Wildman–Crippen LogP) is 4.00. The summed E-state index contributed by atoms with van der Waals surface area (Å²) in [7, 11) is 0. The van der Waals surface area contributed by atoms with E-state index in [1.165, 1.54) is 11.3 Å². The molecular weight excluding hydrogens is 422 g/mol. The Kier molecular flexibility index (Phi) is 6.84. The van der Waals surface area contributed by atoms with Crippen LogP contribution in [0.15, 0.2) is 42.5 Å². The summed E-state index contributed by atoms with van der Waals surface area (Å²) in [5.41, 5.74) is 1.87. The number of hydrogen-bond donors (Lipinski definition) is 0. The third-order valence-corrected chi connectivity index (χ3v) is 6.37. The van der Waals surface area contributed by atoms with Gasteiger partial charge in [-0.05, 0) is 31.2 Å². The highest BCUT2D eigenvalue weighted by molar-refractivity contribution is 7.22. The highest BCUT2D eigenvalue weighted by atomic mass is 35.5. The number of fused-ring (bicyclic) bond motifs is 1. The van der Waals surface area contributed by atoms with Gasteiger partial charge < -0.3 is 9.47 Å². The second-order valence-electron chi connectivity index (χ2n) is 7.18. The minimum absolute atomic E-state index is 0.0458. The molecule has 0 bridgehead atoms. The number of nitrogens with zero attached hydrogens (tertiary/aromatic N) is 3. The molecule has 8 heteroatoms. The van der Waals surface area contributed by atoms with Crippen molar-refractivity contribution in [2.24, 2.45) is 0 Å². The number of anilines is 1. The zero-order chi connectivity index (χ0) is 20.9. The Morgan fingerprint density at radius 2 is 2.00 bits per heavy atom. The van der Waals surface area contributed by atoms with Crippen LogP contribution in [0.25, 0.3) is 10.2 Å². The summed E-state index contributed by atoms with van der Waals surface area (Å²) in [6.45, 7) is 6.44. The topological polar surface area (TPSA) is 54.9 Å². The Morgan fingerprint density at radius 3 is 2.73 bits per heavy atom. The highest BCUT2D eigenvalue weighted by Crippen LogP contribution is 2.33. The lowest BCUT2D eigenvalue weighted by atomic mass is 10.2. The number of carbonyl (C=O) groups excluding carboxylic acids is 1. The molecule has 0 saturated carbocycles. The largest absolute Gasteiger partial charge is 0.484 e. The molecule has 1 aromatic heterocycles. The number of thiazole rings is 1. The van der Waals surface area contributed by atoms with E-state index >= 15 is 0 Å². The van der Waals surface area contributed by atoms with E-state index in [-0.39, 0.29) is 12.5 Å². The van der Waals surface area contributed by atoms with Gasteiger partial charge in [-0.15, -0.1) is 0 Å². The lowest BCUT2D eigenvalue weighted by molar-refractivity contribution is -0.120. The number of para-hydroxylation sites is 1. The van der Waals surface area contributed by atoms with Crippen molar-refractivity contribution in [3.8, 4) is 5.75 Å². The molecule has 0 N–H and O–H groups in total. The normalized spacial score (nSPS) is 14.7. The van der Waals surface area contributed by atoms with Crippen LogP contribution in [0.2, 0.25) is 5.02 Å². The Bertz CT molecular complexity index is 1000. The maximum atomic E-state index is 13.1. The molecule has 1 fully saturated rings. The molecule has 3 aromatic rings. The van der Waals surface area contributed by atoms with Crippen LogP contribution in [-0.2, 0) is 9.53 Å². The van der Waals surface area contributed by atoms with Crippen LogP contribution in [0.1, 0.15) is 5.56 Å². The van der Waals surface area contributed by atoms with Crippen molar-refractivity contribution in [2.45, 2.75) is 6.92 Å². The summed E-state index contributed by atoms with van der Waals surface area (Å²) in [6, 6.07) is 13.4. The van der Waals surface area contributed by atoms with E-state index in [0.29, 0.717) is 22.4 Å². The first-order valence-corrected chi connectivity index (χ1v) is 11.1. The van der Waals surface area contributed by atoms with E-state index in [1.807, 2.05) is 49.4 Å². The van der Waals surface area contributed by atoms with Crippen molar-refractivity contribution in [2.75, 3.05) is 50.9 Å². The minimum atomic E-state index is -0.126. The van der Waals surface area contributed by atoms with E-state index in [1.54, 1.807) is 4.90 Å². The first-order valence-electron chi connectivity index (χ1n) is 9.95. The lowest BCUT2D eigenvalue weighted by Gasteiger charge is -2.29. The molecule has 158 valence electrons. The van der Waals surface area contributed by atoms with Gasteiger partial charge in [0.25, 0.3) is 5.91 Å². The van der Waals surface area contributed by atoms with Gasteiger partial charge in [0.05, 0.1) is 22.9 Å². The molecule has 30 heavy (non-hydrogen) atoms. The molecule has 6 nitrogen and oxygen atoms in total. The first kappa shape index (κ1) is 21.1. The number of carbonyl (C=O) groups is 1. The molecular formula is C22H24ClN3O3S. The molecule has 0 aliphatic carbocycles. The van der Waals surface area contributed by atoms with Crippen LogP contribution in [0.3, 0.4) is 0 Å². The van der Waals surface area contributed by atoms with Gasteiger partial charge in [0, 0.05) is 26.2 Å². The van der Waals surface area contributed by atoms with Gasteiger partial charge in [-0.3, -0.25) is 14.6 Å². The maximum Gasteiger partial charge on any atom is 0.266 e. The Morgan fingerprint density at radius 1 is 1.23 bits per heavy atom. The number of amides is 1. The molecule has 4 rings (SSSR count). The summed E-state index contributed by atoms with van der Waals surface area (Å²) < 4.78 is 12.1. The van der Waals surface area contributed by atoms with E-state index in [4.69, 9.17) is 21.1 Å². The summed E-state index contributed by atoms with van der Waals surface area (Å²) in [5, 5.41) is 1.23. The van der Waals surface area contributed by atoms with Crippen LogP contribution in [-0.4, -0.2) is 61.8 Å². The van der Waals surface area contributed by atoms with Crippen LogP contribution in [0.4, 0.5) is 5.13 Å². The van der Waals surface area contributed by atoms with E-state index in [2.05, 4.69) is 9.88 Å². The standard InChI is InChI=1S/C22H24ClN3O3S/c1-16-5-7-17(8-6-16)29-15-20(27)26(10-9-25-11-13-28-14-12-25)22-24-21-18(23)3-2-4-19(21)30-22/h2-8H,9-15H2,1H3. The van der Waals surface area contributed by atoms with Gasteiger partial charge in [-0.25, -0.2) is 4.98 Å². The zero-order valence-corrected chi connectivity index (χ0v) is 18.4. The number of morpholine rings is 1. The lowest BCUT2D eigenvalue weighted by Crippen LogP contribution is -2.44. The number of benzene rings is 2. The minimum Gasteiger partial charge on any atom is -0.484 e. The molecule has 1 amide bonds. The third kappa shape index (κ3) is 5.10. The number of halogens is 1. The molecule has 0 atom stereocenters.